The van der Waals surface area contributed by atoms with Gasteiger partial charge in [0.05, 0.1) is 17.1 Å². The van der Waals surface area contributed by atoms with Gasteiger partial charge < -0.3 is 8.98 Å². The van der Waals surface area contributed by atoms with E-state index in [4.69, 9.17) is 9.40 Å². The first-order valence-electron chi connectivity index (χ1n) is 11.2. The van der Waals surface area contributed by atoms with E-state index in [9.17, 15) is 4.79 Å². The van der Waals surface area contributed by atoms with E-state index in [2.05, 4.69) is 14.7 Å². The quantitative estimate of drug-likeness (QED) is 0.326. The van der Waals surface area contributed by atoms with Crippen molar-refractivity contribution in [2.75, 3.05) is 0 Å². The lowest BCUT2D eigenvalue weighted by molar-refractivity contribution is 0.616. The molecule has 0 unspecified atom stereocenters. The highest BCUT2D eigenvalue weighted by molar-refractivity contribution is 5.85. The Bertz CT molecular complexity index is 1760. The number of nitrogens with zero attached hydrogens (tertiary/aromatic N) is 5. The zero-order valence-corrected chi connectivity index (χ0v) is 19.2. The summed E-state index contributed by atoms with van der Waals surface area (Å²) in [5.41, 5.74) is 5.03. The summed E-state index contributed by atoms with van der Waals surface area (Å²) in [5, 5.41) is 6.04. The van der Waals surface area contributed by atoms with Crippen LogP contribution in [-0.4, -0.2) is 25.4 Å². The number of rotatable bonds is 4. The molecule has 0 aliphatic rings. The third-order valence-corrected chi connectivity index (χ3v) is 6.10. The molecular formula is C28H21N5O2. The highest BCUT2D eigenvalue weighted by Crippen LogP contribution is 2.27. The highest BCUT2D eigenvalue weighted by atomic mass is 16.3. The minimum absolute atomic E-state index is 0.259. The maximum atomic E-state index is 13.5. The summed E-state index contributed by atoms with van der Waals surface area (Å²) in [6.07, 6.45) is 5.23. The molecule has 4 heterocycles. The molecule has 4 aromatic heterocycles. The van der Waals surface area contributed by atoms with Crippen molar-refractivity contribution in [3.8, 4) is 17.3 Å². The number of aryl methyl sites for hydroxylation is 1. The van der Waals surface area contributed by atoms with Crippen molar-refractivity contribution >= 4 is 28.1 Å². The van der Waals surface area contributed by atoms with Crippen molar-refractivity contribution in [2.45, 2.75) is 13.8 Å². The lowest BCUT2D eigenvalue weighted by atomic mass is 10.2. The molecule has 7 heteroatoms. The first-order chi connectivity index (χ1) is 17.1. The molecule has 0 amide bonds. The Morgan fingerprint density at radius 3 is 2.54 bits per heavy atom. The Morgan fingerprint density at radius 1 is 0.943 bits per heavy atom. The van der Waals surface area contributed by atoms with Crippen molar-refractivity contribution < 1.29 is 4.42 Å². The number of benzene rings is 2. The van der Waals surface area contributed by atoms with E-state index in [-0.39, 0.29) is 5.56 Å². The second kappa shape index (κ2) is 8.22. The van der Waals surface area contributed by atoms with Crippen LogP contribution in [0.15, 0.2) is 99.5 Å². The molecule has 0 saturated heterocycles. The van der Waals surface area contributed by atoms with Gasteiger partial charge in [0.2, 0.25) is 5.82 Å². The fourth-order valence-corrected chi connectivity index (χ4v) is 4.41. The summed E-state index contributed by atoms with van der Waals surface area (Å²) in [7, 11) is 0. The maximum absolute atomic E-state index is 13.5. The van der Waals surface area contributed by atoms with Crippen LogP contribution in [-0.2, 0) is 0 Å². The molecule has 0 spiro atoms. The van der Waals surface area contributed by atoms with E-state index in [1.165, 1.54) is 4.68 Å². The van der Waals surface area contributed by atoms with Gasteiger partial charge in [-0.2, -0.15) is 9.78 Å². The first kappa shape index (κ1) is 20.8. The SMILES string of the molecule is Cc1cc(C=Nn2c(-c3cc4ccccc4o3)nc3ccccc3c2=O)c(C)n1-c1ccncc1. The largest absolute Gasteiger partial charge is 0.453 e. The van der Waals surface area contributed by atoms with E-state index >= 15 is 0 Å². The average Bonchev–Trinajstić information content (AvgIpc) is 3.44. The van der Waals surface area contributed by atoms with Crippen LogP contribution >= 0.6 is 0 Å². The summed E-state index contributed by atoms with van der Waals surface area (Å²) < 4.78 is 9.50. The van der Waals surface area contributed by atoms with Crippen LogP contribution in [0.2, 0.25) is 0 Å². The molecule has 7 nitrogen and oxygen atoms in total. The van der Waals surface area contributed by atoms with Crippen LogP contribution in [0.5, 0.6) is 0 Å². The fraction of sp³-hybridized carbons (Fsp3) is 0.0714. The topological polar surface area (TPSA) is 78.2 Å². The first-order valence-corrected chi connectivity index (χ1v) is 11.2. The number of aromatic nitrogens is 4. The summed E-state index contributed by atoms with van der Waals surface area (Å²) in [6.45, 7) is 4.06. The molecular weight excluding hydrogens is 438 g/mol. The minimum atomic E-state index is -0.259. The minimum Gasteiger partial charge on any atom is -0.453 e. The van der Waals surface area contributed by atoms with Crippen molar-refractivity contribution in [2.24, 2.45) is 5.10 Å². The molecule has 0 atom stereocenters. The lowest BCUT2D eigenvalue weighted by Gasteiger charge is -2.09. The summed E-state index contributed by atoms with van der Waals surface area (Å²) in [5.74, 6) is 0.831. The molecule has 0 bridgehead atoms. The van der Waals surface area contributed by atoms with Crippen molar-refractivity contribution in [1.29, 1.82) is 0 Å². The van der Waals surface area contributed by atoms with Crippen LogP contribution < -0.4 is 5.56 Å². The Labute approximate surface area is 200 Å². The second-order valence-electron chi connectivity index (χ2n) is 8.33. The van der Waals surface area contributed by atoms with Gasteiger partial charge in [-0.15, -0.1) is 0 Å². The number of hydrogen-bond acceptors (Lipinski definition) is 5. The van der Waals surface area contributed by atoms with Crippen molar-refractivity contribution in [3.05, 3.63) is 112 Å². The summed E-state index contributed by atoms with van der Waals surface area (Å²) in [6, 6.07) is 22.8. The van der Waals surface area contributed by atoms with Gasteiger partial charge in [0, 0.05) is 40.4 Å². The maximum Gasteiger partial charge on any atom is 0.282 e. The number of pyridine rings is 1. The molecule has 0 aliphatic heterocycles. The van der Waals surface area contributed by atoms with Crippen molar-refractivity contribution in [1.82, 2.24) is 19.2 Å². The van der Waals surface area contributed by atoms with E-state index in [0.717, 1.165) is 33.6 Å². The third kappa shape index (κ3) is 3.54. The van der Waals surface area contributed by atoms with Crippen LogP contribution in [0.3, 0.4) is 0 Å². The van der Waals surface area contributed by atoms with Crippen molar-refractivity contribution in [3.63, 3.8) is 0 Å². The van der Waals surface area contributed by atoms with Gasteiger partial charge in [-0.1, -0.05) is 30.3 Å². The number of hydrogen-bond donors (Lipinski definition) is 0. The van der Waals surface area contributed by atoms with Crippen LogP contribution in [0.4, 0.5) is 0 Å². The zero-order chi connectivity index (χ0) is 23.9. The van der Waals surface area contributed by atoms with Crippen LogP contribution in [0, 0.1) is 13.8 Å². The molecule has 0 N–H and O–H groups in total. The Morgan fingerprint density at radius 2 is 1.71 bits per heavy atom. The third-order valence-electron chi connectivity index (χ3n) is 6.10. The molecule has 0 saturated carbocycles. The predicted molar refractivity (Wildman–Crippen MR) is 137 cm³/mol. The average molecular weight is 460 g/mol. The Kier molecular flexibility index (Phi) is 4.88. The van der Waals surface area contributed by atoms with E-state index in [1.807, 2.05) is 80.6 Å². The zero-order valence-electron chi connectivity index (χ0n) is 19.2. The van der Waals surface area contributed by atoms with Gasteiger partial charge in [-0.05, 0) is 56.3 Å². The molecule has 2 aromatic carbocycles. The van der Waals surface area contributed by atoms with Crippen LogP contribution in [0.25, 0.3) is 39.1 Å². The number of fused-ring (bicyclic) bond motifs is 2. The molecule has 0 fully saturated rings. The molecule has 0 aliphatic carbocycles. The van der Waals surface area contributed by atoms with Gasteiger partial charge in [-0.3, -0.25) is 9.78 Å². The van der Waals surface area contributed by atoms with Crippen LogP contribution in [0.1, 0.15) is 17.0 Å². The van der Waals surface area contributed by atoms with Gasteiger partial charge in [0.15, 0.2) is 5.76 Å². The molecule has 6 rings (SSSR count). The second-order valence-corrected chi connectivity index (χ2v) is 8.33. The standard InChI is InChI=1S/C28H21N5O2/c1-18-15-21(19(2)32(18)22-11-13-29-14-12-22)17-30-33-27(26-16-20-7-3-6-10-25(20)35-26)31-24-9-5-4-8-23(24)28(33)34/h3-17H,1-2H3. The number of furan rings is 1. The van der Waals surface area contributed by atoms with E-state index < -0.39 is 0 Å². The predicted octanol–water partition coefficient (Wildman–Crippen LogP) is 5.49. The molecule has 35 heavy (non-hydrogen) atoms. The van der Waals surface area contributed by atoms with Gasteiger partial charge >= 0.3 is 0 Å². The summed E-state index contributed by atoms with van der Waals surface area (Å²) >= 11 is 0. The molecule has 170 valence electrons. The molecule has 0 radical (unpaired) electrons. The highest BCUT2D eigenvalue weighted by Gasteiger charge is 2.17. The Hall–Kier alpha value is -4.78. The monoisotopic (exact) mass is 459 g/mol. The van der Waals surface area contributed by atoms with Gasteiger partial charge in [0.25, 0.3) is 5.56 Å². The fourth-order valence-electron chi connectivity index (χ4n) is 4.41. The normalized spacial score (nSPS) is 11.7. The smallest absolute Gasteiger partial charge is 0.282 e. The van der Waals surface area contributed by atoms with E-state index in [0.29, 0.717) is 22.5 Å². The number of para-hydroxylation sites is 2. The van der Waals surface area contributed by atoms with E-state index in [1.54, 1.807) is 24.7 Å². The Balaban J connectivity index is 1.53. The van der Waals surface area contributed by atoms with Gasteiger partial charge in [-0.25, -0.2) is 4.98 Å². The lowest BCUT2D eigenvalue weighted by Crippen LogP contribution is -2.20. The summed E-state index contributed by atoms with van der Waals surface area (Å²) in [4.78, 5) is 22.4. The molecule has 6 aromatic rings. The van der Waals surface area contributed by atoms with Gasteiger partial charge in [0.1, 0.15) is 5.58 Å².